The van der Waals surface area contributed by atoms with Gasteiger partial charge in [-0.15, -0.1) is 0 Å². The molecular weight excluding hydrogens is 449 g/mol. The Hall–Kier alpha value is -3.07. The van der Waals surface area contributed by atoms with Gasteiger partial charge in [-0.25, -0.2) is 0 Å². The Balaban J connectivity index is 0.000000291. The smallest absolute Gasteiger partial charge is 0.318 e. The van der Waals surface area contributed by atoms with E-state index < -0.39 is 37.9 Å². The summed E-state index contributed by atoms with van der Waals surface area (Å²) in [5.41, 5.74) is 0.486. The van der Waals surface area contributed by atoms with Gasteiger partial charge in [-0.1, -0.05) is 30.3 Å². The first kappa shape index (κ1) is 24.0. The monoisotopic (exact) mass is 469 g/mol. The topological polar surface area (TPSA) is 181 Å². The van der Waals surface area contributed by atoms with E-state index in [1.165, 1.54) is 25.1 Å². The van der Waals surface area contributed by atoms with Gasteiger partial charge in [-0.05, 0) is 12.0 Å². The number of amides is 1. The van der Waals surface area contributed by atoms with Crippen LogP contribution >= 0.6 is 0 Å². The fourth-order valence-corrected chi connectivity index (χ4v) is 3.76. The second-order valence-corrected chi connectivity index (χ2v) is 9.11. The molecule has 2 aromatic carbocycles. The SMILES string of the molecule is CC(=O)Nc1c(O)cccc1[As](=O)(O)O.O=C(O)C(Cc1ccccc1)C(=O)O. The standard InChI is InChI=1S/C10H10O4.C8H10AsNO5/c11-9(12)8(10(13)14)6-7-4-2-1-3-5-7;1-5(11)10-8-6(9(13,14)15)3-2-4-7(8)12/h1-5,8H,6H2,(H,11,12)(H,13,14);2-4,12H,1H3,(H,10,11)(H2,13,14,15). The van der Waals surface area contributed by atoms with Crippen molar-refractivity contribution in [2.45, 2.75) is 13.3 Å². The predicted molar refractivity (Wildman–Crippen MR) is 102 cm³/mol. The number of anilines is 1. The van der Waals surface area contributed by atoms with Crippen molar-refractivity contribution in [3.8, 4) is 5.75 Å². The number of nitrogens with one attached hydrogen (secondary N) is 1. The number of carboxylic acid groups (broad SMARTS) is 2. The largest absolute Gasteiger partial charge is 0.481 e. The zero-order chi connectivity index (χ0) is 22.2. The van der Waals surface area contributed by atoms with Crippen molar-refractivity contribution in [1.82, 2.24) is 0 Å². The van der Waals surface area contributed by atoms with Crippen LogP contribution in [-0.2, 0) is 24.5 Å². The third kappa shape index (κ3) is 7.82. The molecule has 29 heavy (non-hydrogen) atoms. The number of carbonyl (C=O) groups excluding carboxylic acids is 1. The van der Waals surface area contributed by atoms with Crippen molar-refractivity contribution in [1.29, 1.82) is 0 Å². The summed E-state index contributed by atoms with van der Waals surface area (Å²) in [6.45, 7) is 1.18. The van der Waals surface area contributed by atoms with E-state index in [4.69, 9.17) is 18.4 Å². The van der Waals surface area contributed by atoms with E-state index in [-0.39, 0.29) is 22.2 Å². The Morgan fingerprint density at radius 1 is 0.966 bits per heavy atom. The summed E-state index contributed by atoms with van der Waals surface area (Å²) in [4.78, 5) is 31.9. The first-order valence-electron chi connectivity index (χ1n) is 8.08. The van der Waals surface area contributed by atoms with Gasteiger partial charge in [0.25, 0.3) is 0 Å². The van der Waals surface area contributed by atoms with E-state index in [0.29, 0.717) is 5.56 Å². The number of aromatic hydroxyl groups is 1. The molecule has 2 aromatic rings. The minimum absolute atomic E-state index is 0.0194. The van der Waals surface area contributed by atoms with Crippen LogP contribution in [0.4, 0.5) is 5.69 Å². The molecule has 0 aromatic heterocycles. The van der Waals surface area contributed by atoms with Gasteiger partial charge in [0.2, 0.25) is 0 Å². The molecule has 0 saturated heterocycles. The molecule has 0 aliphatic heterocycles. The van der Waals surface area contributed by atoms with Gasteiger partial charge in [0.15, 0.2) is 5.92 Å². The van der Waals surface area contributed by atoms with Gasteiger partial charge in [0.05, 0.1) is 0 Å². The molecule has 6 N–H and O–H groups in total. The summed E-state index contributed by atoms with van der Waals surface area (Å²) >= 11 is -5.14. The summed E-state index contributed by atoms with van der Waals surface area (Å²) in [6.07, 6.45) is 0.0194. The summed E-state index contributed by atoms with van der Waals surface area (Å²) in [7, 11) is 0. The van der Waals surface area contributed by atoms with Gasteiger partial charge in [0.1, 0.15) is 0 Å². The number of para-hydroxylation sites is 1. The van der Waals surface area contributed by atoms with E-state index in [1.807, 2.05) is 0 Å². The molecule has 0 saturated carbocycles. The van der Waals surface area contributed by atoms with E-state index in [9.17, 15) is 23.2 Å². The fraction of sp³-hybridized carbons (Fsp3) is 0.167. The molecular formula is C18H20AsNO9. The van der Waals surface area contributed by atoms with E-state index in [0.717, 1.165) is 0 Å². The molecule has 0 atom stereocenters. The molecule has 0 spiro atoms. The Bertz CT molecular complexity index is 910. The van der Waals surface area contributed by atoms with Crippen molar-refractivity contribution < 1.29 is 41.6 Å². The zero-order valence-corrected chi connectivity index (χ0v) is 17.1. The Morgan fingerprint density at radius 2 is 1.52 bits per heavy atom. The molecule has 0 fully saturated rings. The molecule has 2 rings (SSSR count). The van der Waals surface area contributed by atoms with Crippen LogP contribution in [-0.4, -0.2) is 55.5 Å². The molecule has 11 heteroatoms. The van der Waals surface area contributed by atoms with Gasteiger partial charge in [-0.3, -0.25) is 9.59 Å². The number of carbonyl (C=O) groups is 3. The maximum Gasteiger partial charge on any atom is 0.318 e. The van der Waals surface area contributed by atoms with E-state index in [1.54, 1.807) is 30.3 Å². The average molecular weight is 469 g/mol. The molecule has 1 amide bonds. The van der Waals surface area contributed by atoms with Gasteiger partial charge in [-0.2, -0.15) is 0 Å². The van der Waals surface area contributed by atoms with Crippen molar-refractivity contribution >= 4 is 42.1 Å². The van der Waals surface area contributed by atoms with Crippen LogP contribution < -0.4 is 9.67 Å². The first-order chi connectivity index (χ1) is 13.4. The Kier molecular flexibility index (Phi) is 8.65. The van der Waals surface area contributed by atoms with E-state index in [2.05, 4.69) is 5.32 Å². The fourth-order valence-electron chi connectivity index (χ4n) is 2.21. The normalized spacial score (nSPS) is 10.6. The molecule has 156 valence electrons. The number of phenols is 1. The van der Waals surface area contributed by atoms with Gasteiger partial charge >= 0.3 is 100 Å². The first-order valence-corrected chi connectivity index (χ1v) is 11.5. The second-order valence-electron chi connectivity index (χ2n) is 5.82. The van der Waals surface area contributed by atoms with Crippen LogP contribution in [0, 0.1) is 5.92 Å². The molecule has 0 aliphatic carbocycles. The van der Waals surface area contributed by atoms with Crippen molar-refractivity contribution in [2.24, 2.45) is 5.92 Å². The van der Waals surface area contributed by atoms with Crippen LogP contribution in [0.15, 0.2) is 48.5 Å². The number of benzene rings is 2. The second kappa shape index (κ2) is 10.5. The Morgan fingerprint density at radius 3 is 1.97 bits per heavy atom. The molecule has 0 radical (unpaired) electrons. The molecule has 0 bridgehead atoms. The third-order valence-electron chi connectivity index (χ3n) is 3.51. The number of phenolic OH excluding ortho intramolecular Hbond substituents is 1. The van der Waals surface area contributed by atoms with Gasteiger partial charge < -0.3 is 10.2 Å². The maximum absolute atomic E-state index is 11.1. The van der Waals surface area contributed by atoms with Crippen LogP contribution in [0.3, 0.4) is 0 Å². The van der Waals surface area contributed by atoms with Crippen LogP contribution in [0.2, 0.25) is 0 Å². The van der Waals surface area contributed by atoms with Crippen LogP contribution in [0.1, 0.15) is 12.5 Å². The summed E-state index contributed by atoms with van der Waals surface area (Å²) in [6, 6.07) is 12.4. The number of hydrogen-bond acceptors (Lipinski definition) is 5. The Labute approximate surface area is 168 Å². The van der Waals surface area contributed by atoms with Crippen LogP contribution in [0.25, 0.3) is 0 Å². The molecule has 0 heterocycles. The molecule has 0 unspecified atom stereocenters. The summed E-state index contributed by atoms with van der Waals surface area (Å²) < 4.78 is 28.8. The molecule has 10 nitrogen and oxygen atoms in total. The van der Waals surface area contributed by atoms with Crippen molar-refractivity contribution in [2.75, 3.05) is 5.32 Å². The number of hydrogen-bond donors (Lipinski definition) is 6. The average Bonchev–Trinajstić information content (AvgIpc) is 2.61. The number of aliphatic carboxylic acids is 2. The third-order valence-corrected chi connectivity index (χ3v) is 5.61. The van der Waals surface area contributed by atoms with Crippen LogP contribution in [0.5, 0.6) is 5.75 Å². The van der Waals surface area contributed by atoms with E-state index >= 15 is 0 Å². The van der Waals surface area contributed by atoms with Crippen molar-refractivity contribution in [3.63, 3.8) is 0 Å². The maximum atomic E-state index is 11.1. The summed E-state index contributed by atoms with van der Waals surface area (Å²) in [5.74, 6) is -4.85. The summed E-state index contributed by atoms with van der Waals surface area (Å²) in [5, 5.41) is 28.8. The quantitative estimate of drug-likeness (QED) is 0.192. The predicted octanol–water partition coefficient (Wildman–Crippen LogP) is -0.0739. The minimum atomic E-state index is -5.14. The van der Waals surface area contributed by atoms with Gasteiger partial charge in [0, 0.05) is 0 Å². The minimum Gasteiger partial charge on any atom is -0.481 e. The van der Waals surface area contributed by atoms with Crippen molar-refractivity contribution in [3.05, 3.63) is 54.1 Å². The zero-order valence-electron chi connectivity index (χ0n) is 15.2. The molecule has 0 aliphatic rings. The number of carboxylic acids is 2. The number of rotatable bonds is 6.